The predicted octanol–water partition coefficient (Wildman–Crippen LogP) is 3.72. The van der Waals surface area contributed by atoms with Crippen LogP contribution < -0.4 is 5.73 Å². The molecule has 0 aliphatic rings. The van der Waals surface area contributed by atoms with E-state index in [0.29, 0.717) is 5.13 Å². The summed E-state index contributed by atoms with van der Waals surface area (Å²) < 4.78 is 14.1. The van der Waals surface area contributed by atoms with Gasteiger partial charge in [-0.3, -0.25) is 0 Å². The van der Waals surface area contributed by atoms with E-state index in [1.165, 1.54) is 17.4 Å². The molecule has 0 amide bonds. The van der Waals surface area contributed by atoms with Gasteiger partial charge >= 0.3 is 0 Å². The number of thioether (sulfide) groups is 1. The van der Waals surface area contributed by atoms with Crippen LogP contribution in [0.1, 0.15) is 17.7 Å². The molecule has 2 aromatic rings. The molecule has 0 spiro atoms. The molecule has 0 radical (unpaired) electrons. The Morgan fingerprint density at radius 3 is 2.94 bits per heavy atom. The van der Waals surface area contributed by atoms with Crippen molar-refractivity contribution in [2.45, 2.75) is 16.4 Å². The monoisotopic (exact) mass is 254 g/mol. The molecule has 2 nitrogen and oxygen atoms in total. The van der Waals surface area contributed by atoms with Crippen LogP contribution in [0.2, 0.25) is 0 Å². The first-order valence-corrected chi connectivity index (χ1v) is 6.48. The van der Waals surface area contributed by atoms with E-state index >= 15 is 0 Å². The molecule has 0 fully saturated rings. The lowest BCUT2D eigenvalue weighted by Gasteiger charge is -2.09. The van der Waals surface area contributed by atoms with Crippen molar-refractivity contribution in [2.75, 3.05) is 5.73 Å². The zero-order valence-electron chi connectivity index (χ0n) is 8.68. The van der Waals surface area contributed by atoms with E-state index in [9.17, 15) is 4.39 Å². The van der Waals surface area contributed by atoms with Gasteiger partial charge in [0.25, 0.3) is 0 Å². The molecule has 5 heteroatoms. The summed E-state index contributed by atoms with van der Waals surface area (Å²) >= 11 is 3.09. The number of thiazole rings is 1. The topological polar surface area (TPSA) is 38.9 Å². The molecule has 0 unspecified atom stereocenters. The van der Waals surface area contributed by atoms with Crippen molar-refractivity contribution >= 4 is 28.2 Å². The van der Waals surface area contributed by atoms with Gasteiger partial charge in [0.05, 0.1) is 10.4 Å². The van der Waals surface area contributed by atoms with Crippen molar-refractivity contribution in [1.29, 1.82) is 0 Å². The number of aromatic nitrogens is 1. The van der Waals surface area contributed by atoms with Gasteiger partial charge < -0.3 is 5.73 Å². The number of benzene rings is 1. The summed E-state index contributed by atoms with van der Waals surface area (Å²) in [5.41, 5.74) is 6.52. The third kappa shape index (κ3) is 2.74. The number of hydrogen-bond donors (Lipinski definition) is 1. The Morgan fingerprint density at radius 2 is 2.31 bits per heavy atom. The Morgan fingerprint density at radius 1 is 1.50 bits per heavy atom. The molecule has 1 aromatic heterocycles. The Hall–Kier alpha value is -1.07. The number of rotatable bonds is 3. The number of halogens is 1. The van der Waals surface area contributed by atoms with Crippen LogP contribution in [-0.4, -0.2) is 4.98 Å². The first kappa shape index (κ1) is 11.4. The van der Waals surface area contributed by atoms with E-state index in [1.54, 1.807) is 30.1 Å². The fourth-order valence-corrected chi connectivity index (χ4v) is 3.37. The van der Waals surface area contributed by atoms with Gasteiger partial charge in [-0.05, 0) is 24.6 Å². The summed E-state index contributed by atoms with van der Waals surface area (Å²) in [6.45, 7) is 2.04. The molecular formula is C11H11FN2S2. The first-order valence-electron chi connectivity index (χ1n) is 4.78. The van der Waals surface area contributed by atoms with Crippen molar-refractivity contribution in [3.8, 4) is 0 Å². The van der Waals surface area contributed by atoms with Crippen LogP contribution in [0.25, 0.3) is 0 Å². The molecular weight excluding hydrogens is 243 g/mol. The van der Waals surface area contributed by atoms with Crippen molar-refractivity contribution in [1.82, 2.24) is 4.98 Å². The molecule has 2 rings (SSSR count). The number of hydrogen-bond acceptors (Lipinski definition) is 4. The van der Waals surface area contributed by atoms with E-state index in [1.807, 2.05) is 13.0 Å². The first-order chi connectivity index (χ1) is 7.65. The number of nitrogens with two attached hydrogens (primary N) is 1. The molecule has 0 saturated carbocycles. The summed E-state index contributed by atoms with van der Waals surface area (Å²) in [5, 5.41) is 0.754. The predicted molar refractivity (Wildman–Crippen MR) is 67.2 cm³/mol. The molecule has 0 saturated heterocycles. The van der Waals surface area contributed by atoms with Crippen LogP contribution in [-0.2, 0) is 0 Å². The van der Waals surface area contributed by atoms with Crippen molar-refractivity contribution < 1.29 is 4.39 Å². The maximum Gasteiger partial charge on any atom is 0.181 e. The molecule has 16 heavy (non-hydrogen) atoms. The average Bonchev–Trinajstić information content (AvgIpc) is 2.64. The minimum atomic E-state index is -0.200. The minimum Gasteiger partial charge on any atom is -0.375 e. The molecule has 1 atom stereocenters. The second kappa shape index (κ2) is 4.84. The van der Waals surface area contributed by atoms with Gasteiger partial charge in [0.1, 0.15) is 5.82 Å². The number of nitrogen functional groups attached to an aromatic ring is 1. The van der Waals surface area contributed by atoms with Crippen molar-refractivity contribution in [2.24, 2.45) is 0 Å². The largest absolute Gasteiger partial charge is 0.375 e. The summed E-state index contributed by atoms with van der Waals surface area (Å²) in [7, 11) is 0. The van der Waals surface area contributed by atoms with Crippen LogP contribution in [0, 0.1) is 5.82 Å². The van der Waals surface area contributed by atoms with Crippen LogP contribution >= 0.6 is 23.1 Å². The zero-order valence-corrected chi connectivity index (χ0v) is 10.3. The summed E-state index contributed by atoms with van der Waals surface area (Å²) in [6.07, 6.45) is 1.75. The minimum absolute atomic E-state index is 0.190. The van der Waals surface area contributed by atoms with Gasteiger partial charge in [0.2, 0.25) is 0 Å². The van der Waals surface area contributed by atoms with E-state index in [-0.39, 0.29) is 11.1 Å². The highest BCUT2D eigenvalue weighted by atomic mass is 32.2. The van der Waals surface area contributed by atoms with Gasteiger partial charge in [0, 0.05) is 5.25 Å². The van der Waals surface area contributed by atoms with E-state index < -0.39 is 0 Å². The SMILES string of the molecule is C[C@H](Sc1cnc(N)s1)c1cccc(F)c1. The Labute approximate surface area is 102 Å². The van der Waals surface area contributed by atoms with Gasteiger partial charge in [0.15, 0.2) is 5.13 Å². The van der Waals surface area contributed by atoms with Crippen LogP contribution in [0.15, 0.2) is 34.7 Å². The van der Waals surface area contributed by atoms with Crippen molar-refractivity contribution in [3.05, 3.63) is 41.8 Å². The number of nitrogens with zero attached hydrogens (tertiary/aromatic N) is 1. The van der Waals surface area contributed by atoms with Gasteiger partial charge in [-0.25, -0.2) is 9.37 Å². The van der Waals surface area contributed by atoms with E-state index in [0.717, 1.165) is 9.77 Å². The highest BCUT2D eigenvalue weighted by Crippen LogP contribution is 2.38. The van der Waals surface area contributed by atoms with E-state index in [4.69, 9.17) is 5.73 Å². The maximum absolute atomic E-state index is 13.0. The molecule has 0 bridgehead atoms. The lowest BCUT2D eigenvalue weighted by Crippen LogP contribution is -1.88. The lowest BCUT2D eigenvalue weighted by molar-refractivity contribution is 0.625. The van der Waals surface area contributed by atoms with Crippen molar-refractivity contribution in [3.63, 3.8) is 0 Å². The standard InChI is InChI=1S/C11H11FN2S2/c1-7(8-3-2-4-9(12)5-8)15-10-6-14-11(13)16-10/h2-7H,1H3,(H2,13,14)/t7-/m0/s1. The lowest BCUT2D eigenvalue weighted by atomic mass is 10.2. The Bertz CT molecular complexity index is 484. The highest BCUT2D eigenvalue weighted by molar-refractivity contribution is 8.01. The third-order valence-corrected chi connectivity index (χ3v) is 4.24. The Balaban J connectivity index is 2.11. The second-order valence-corrected chi connectivity index (χ2v) is 6.04. The normalized spacial score (nSPS) is 12.6. The maximum atomic E-state index is 13.0. The fourth-order valence-electron chi connectivity index (χ4n) is 1.33. The van der Waals surface area contributed by atoms with Gasteiger partial charge in [-0.1, -0.05) is 23.5 Å². The average molecular weight is 254 g/mol. The fraction of sp³-hybridized carbons (Fsp3) is 0.182. The molecule has 84 valence electrons. The van der Waals surface area contributed by atoms with Gasteiger partial charge in [-0.2, -0.15) is 0 Å². The smallest absolute Gasteiger partial charge is 0.181 e. The summed E-state index contributed by atoms with van der Waals surface area (Å²) in [4.78, 5) is 3.98. The molecule has 1 aromatic carbocycles. The summed E-state index contributed by atoms with van der Waals surface area (Å²) in [6, 6.07) is 6.65. The molecule has 0 aliphatic heterocycles. The van der Waals surface area contributed by atoms with Crippen LogP contribution in [0.3, 0.4) is 0 Å². The third-order valence-electron chi connectivity index (χ3n) is 2.11. The van der Waals surface area contributed by atoms with E-state index in [2.05, 4.69) is 4.98 Å². The Kier molecular flexibility index (Phi) is 3.46. The van der Waals surface area contributed by atoms with Crippen LogP contribution in [0.4, 0.5) is 9.52 Å². The second-order valence-electron chi connectivity index (χ2n) is 3.33. The highest BCUT2D eigenvalue weighted by Gasteiger charge is 2.10. The molecule has 0 aliphatic carbocycles. The molecule has 1 heterocycles. The molecule has 2 N–H and O–H groups in total. The number of anilines is 1. The quantitative estimate of drug-likeness (QED) is 0.848. The van der Waals surface area contributed by atoms with Gasteiger partial charge in [-0.15, -0.1) is 11.8 Å². The van der Waals surface area contributed by atoms with Crippen LogP contribution in [0.5, 0.6) is 0 Å². The zero-order chi connectivity index (χ0) is 11.5. The summed E-state index contributed by atoms with van der Waals surface area (Å²) in [5.74, 6) is -0.200.